The van der Waals surface area contributed by atoms with Crippen LogP contribution >= 0.6 is 0 Å². The summed E-state index contributed by atoms with van der Waals surface area (Å²) in [5.74, 6) is 0.140. The van der Waals surface area contributed by atoms with Crippen molar-refractivity contribution in [2.75, 3.05) is 18.8 Å². The third-order valence-corrected chi connectivity index (χ3v) is 5.40. The summed E-state index contributed by atoms with van der Waals surface area (Å²) in [5, 5.41) is 8.38. The molecule has 2 aromatic heterocycles. The normalized spacial score (nSPS) is 18.5. The van der Waals surface area contributed by atoms with Gasteiger partial charge >= 0.3 is 6.18 Å². The molecule has 4 rings (SSSR count). The number of pyridine rings is 1. The second-order valence-corrected chi connectivity index (χ2v) is 7.61. The number of aromatic nitrogens is 4. The number of halogens is 3. The van der Waals surface area contributed by atoms with Gasteiger partial charge in [-0.2, -0.15) is 13.2 Å². The van der Waals surface area contributed by atoms with E-state index in [0.717, 1.165) is 17.7 Å². The number of ether oxygens (including phenoxy) is 1. The highest BCUT2D eigenvalue weighted by Gasteiger charge is 2.37. The van der Waals surface area contributed by atoms with E-state index >= 15 is 0 Å². The number of amides is 1. The summed E-state index contributed by atoms with van der Waals surface area (Å²) in [4.78, 5) is 17.8. The van der Waals surface area contributed by atoms with Gasteiger partial charge in [0, 0.05) is 24.8 Å². The van der Waals surface area contributed by atoms with Crippen LogP contribution in [0.5, 0.6) is 0 Å². The molecule has 172 valence electrons. The maximum absolute atomic E-state index is 12.8. The number of hydrogen-bond donors (Lipinski definition) is 1. The highest BCUT2D eigenvalue weighted by molar-refractivity contribution is 5.87. The fourth-order valence-electron chi connectivity index (χ4n) is 3.60. The lowest BCUT2D eigenvalue weighted by Gasteiger charge is -2.19. The van der Waals surface area contributed by atoms with Gasteiger partial charge in [0.15, 0.2) is 0 Å². The van der Waals surface area contributed by atoms with Gasteiger partial charge in [-0.05, 0) is 35.9 Å². The molecule has 1 unspecified atom stereocenters. The topological polar surface area (TPSA) is 99.2 Å². The van der Waals surface area contributed by atoms with E-state index in [2.05, 4.69) is 21.9 Å². The number of anilines is 1. The average Bonchev–Trinajstić information content (AvgIpc) is 3.45. The quantitative estimate of drug-likeness (QED) is 0.570. The molecule has 0 saturated carbocycles. The molecule has 0 spiro atoms. The summed E-state index contributed by atoms with van der Waals surface area (Å²) in [6.45, 7) is 4.22. The third kappa shape index (κ3) is 5.03. The maximum Gasteiger partial charge on any atom is 0.416 e. The molecule has 0 bridgehead atoms. The molecule has 2 N–H and O–H groups in total. The number of likely N-dealkylation sites (tertiary alicyclic amines) is 1. The van der Waals surface area contributed by atoms with Crippen LogP contribution in [0.2, 0.25) is 0 Å². The lowest BCUT2D eigenvalue weighted by Crippen LogP contribution is -2.28. The van der Waals surface area contributed by atoms with E-state index < -0.39 is 17.8 Å². The van der Waals surface area contributed by atoms with E-state index in [1.165, 1.54) is 18.2 Å². The zero-order chi connectivity index (χ0) is 23.6. The van der Waals surface area contributed by atoms with Crippen molar-refractivity contribution in [1.82, 2.24) is 24.9 Å². The second kappa shape index (κ2) is 9.02. The van der Waals surface area contributed by atoms with Crippen molar-refractivity contribution < 1.29 is 22.7 Å². The van der Waals surface area contributed by atoms with Crippen molar-refractivity contribution in [3.63, 3.8) is 0 Å². The largest absolute Gasteiger partial charge is 0.416 e. The fraction of sp³-hybridized carbons (Fsp3) is 0.273. The number of nitrogens with zero attached hydrogens (tertiary/aromatic N) is 5. The van der Waals surface area contributed by atoms with Crippen LogP contribution in [0.4, 0.5) is 19.0 Å². The Morgan fingerprint density at radius 3 is 2.61 bits per heavy atom. The smallest absolute Gasteiger partial charge is 0.384 e. The Morgan fingerprint density at radius 1 is 1.21 bits per heavy atom. The molecule has 2 atom stereocenters. The van der Waals surface area contributed by atoms with Gasteiger partial charge in [0.2, 0.25) is 5.91 Å². The fourth-order valence-corrected chi connectivity index (χ4v) is 3.60. The van der Waals surface area contributed by atoms with Crippen LogP contribution < -0.4 is 5.73 Å². The van der Waals surface area contributed by atoms with Crippen molar-refractivity contribution >= 4 is 11.7 Å². The molecular formula is C22H21F3N6O2. The Hall–Kier alpha value is -3.73. The predicted molar refractivity (Wildman–Crippen MR) is 114 cm³/mol. The lowest BCUT2D eigenvalue weighted by atomic mass is 10.1. The standard InChI is InChI=1S/C22H21F3N6O2/c1-2-21(32)30-11-18(31-10-17(28-29-31)15-5-8-20(26)27-9-15)19(12-30)33-13-14-3-6-16(7-4-14)22(23,24)25/h2-10,18-19H,1,11-13H2,(H2,26,27)/t18?,19-/m1/s1. The SMILES string of the molecule is C=CC(=O)N1CC(n2cc(-c3ccc(N)nc3)nn2)[C@H](OCc2ccc(C(F)(F)F)cc2)C1. The number of carbonyl (C=O) groups is 1. The van der Waals surface area contributed by atoms with Crippen molar-refractivity contribution in [2.24, 2.45) is 0 Å². The third-order valence-electron chi connectivity index (χ3n) is 5.40. The van der Waals surface area contributed by atoms with Crippen LogP contribution in [0.25, 0.3) is 11.3 Å². The lowest BCUT2D eigenvalue weighted by molar-refractivity contribution is -0.137. The number of carbonyl (C=O) groups excluding carboxylic acids is 1. The monoisotopic (exact) mass is 458 g/mol. The molecule has 1 aliphatic rings. The number of hydrogen-bond acceptors (Lipinski definition) is 6. The molecule has 11 heteroatoms. The van der Waals surface area contributed by atoms with Crippen molar-refractivity contribution in [2.45, 2.75) is 24.9 Å². The van der Waals surface area contributed by atoms with Crippen LogP contribution in [0.15, 0.2) is 61.4 Å². The summed E-state index contributed by atoms with van der Waals surface area (Å²) in [6, 6.07) is 7.88. The zero-order valence-electron chi connectivity index (χ0n) is 17.4. The van der Waals surface area contributed by atoms with Gasteiger partial charge in [0.1, 0.15) is 11.5 Å². The molecule has 3 aromatic rings. The molecule has 8 nitrogen and oxygen atoms in total. The van der Waals surface area contributed by atoms with Gasteiger partial charge in [0.25, 0.3) is 0 Å². The van der Waals surface area contributed by atoms with E-state index in [1.807, 2.05) is 0 Å². The van der Waals surface area contributed by atoms with Gasteiger partial charge in [0.05, 0.1) is 30.5 Å². The Morgan fingerprint density at radius 2 is 1.97 bits per heavy atom. The maximum atomic E-state index is 12.8. The number of rotatable bonds is 6. The number of nitrogen functional groups attached to an aromatic ring is 1. The summed E-state index contributed by atoms with van der Waals surface area (Å²) in [5.41, 5.74) is 6.80. The van der Waals surface area contributed by atoms with Gasteiger partial charge in [-0.1, -0.05) is 23.9 Å². The Kier molecular flexibility index (Phi) is 6.14. The minimum Gasteiger partial charge on any atom is -0.384 e. The molecule has 0 aliphatic carbocycles. The Balaban J connectivity index is 1.51. The van der Waals surface area contributed by atoms with Crippen molar-refractivity contribution in [3.05, 3.63) is 72.6 Å². The number of benzene rings is 1. The van der Waals surface area contributed by atoms with Crippen LogP contribution in [-0.4, -0.2) is 50.0 Å². The van der Waals surface area contributed by atoms with Gasteiger partial charge in [-0.15, -0.1) is 5.10 Å². The van der Waals surface area contributed by atoms with Crippen LogP contribution in [0.3, 0.4) is 0 Å². The first-order valence-corrected chi connectivity index (χ1v) is 10.1. The predicted octanol–water partition coefficient (Wildman–Crippen LogP) is 3.10. The first kappa shape index (κ1) is 22.5. The van der Waals surface area contributed by atoms with E-state index in [1.54, 1.807) is 34.1 Å². The molecule has 0 radical (unpaired) electrons. The molecule has 1 aromatic carbocycles. The minimum absolute atomic E-state index is 0.0822. The summed E-state index contributed by atoms with van der Waals surface area (Å²) >= 11 is 0. The van der Waals surface area contributed by atoms with E-state index in [-0.39, 0.29) is 25.1 Å². The highest BCUT2D eigenvalue weighted by atomic mass is 19.4. The first-order valence-electron chi connectivity index (χ1n) is 10.1. The average molecular weight is 458 g/mol. The molecule has 1 fully saturated rings. The number of nitrogens with two attached hydrogens (primary N) is 1. The highest BCUT2D eigenvalue weighted by Crippen LogP contribution is 2.30. The molecule has 1 aliphatic heterocycles. The van der Waals surface area contributed by atoms with Crippen LogP contribution in [0.1, 0.15) is 17.2 Å². The Bertz CT molecular complexity index is 1130. The summed E-state index contributed by atoms with van der Waals surface area (Å²) in [6.07, 6.45) is -0.303. The molecule has 3 heterocycles. The van der Waals surface area contributed by atoms with E-state index in [0.29, 0.717) is 23.6 Å². The first-order chi connectivity index (χ1) is 15.7. The summed E-state index contributed by atoms with van der Waals surface area (Å²) in [7, 11) is 0. The van der Waals surface area contributed by atoms with E-state index in [9.17, 15) is 18.0 Å². The molecule has 1 amide bonds. The van der Waals surface area contributed by atoms with Crippen LogP contribution in [0, 0.1) is 0 Å². The van der Waals surface area contributed by atoms with E-state index in [4.69, 9.17) is 10.5 Å². The second-order valence-electron chi connectivity index (χ2n) is 7.61. The van der Waals surface area contributed by atoms with Crippen LogP contribution in [-0.2, 0) is 22.3 Å². The van der Waals surface area contributed by atoms with Gasteiger partial charge in [-0.3, -0.25) is 4.79 Å². The van der Waals surface area contributed by atoms with Gasteiger partial charge < -0.3 is 15.4 Å². The molecule has 1 saturated heterocycles. The van der Waals surface area contributed by atoms with Gasteiger partial charge in [-0.25, -0.2) is 9.67 Å². The van der Waals surface area contributed by atoms with Crippen molar-refractivity contribution in [3.8, 4) is 11.3 Å². The van der Waals surface area contributed by atoms with Crippen molar-refractivity contribution in [1.29, 1.82) is 0 Å². The zero-order valence-corrected chi connectivity index (χ0v) is 17.4. The minimum atomic E-state index is -4.40. The Labute approximate surface area is 187 Å². The molecule has 33 heavy (non-hydrogen) atoms. The summed E-state index contributed by atoms with van der Waals surface area (Å²) < 4.78 is 46.0. The molecular weight excluding hydrogens is 437 g/mol. The number of alkyl halides is 3.